The molecule has 0 aliphatic heterocycles. The smallest absolute Gasteiger partial charge is 0.274 e. The van der Waals surface area contributed by atoms with Gasteiger partial charge in [-0.1, -0.05) is 13.8 Å². The van der Waals surface area contributed by atoms with Gasteiger partial charge in [0.25, 0.3) is 5.91 Å². The van der Waals surface area contributed by atoms with Crippen molar-refractivity contribution in [2.45, 2.75) is 34.1 Å². The molecule has 0 aliphatic rings. The van der Waals surface area contributed by atoms with Crippen molar-refractivity contribution in [2.75, 3.05) is 35.2 Å². The summed E-state index contributed by atoms with van der Waals surface area (Å²) in [6.45, 7) is 11.5. The highest BCUT2D eigenvalue weighted by Gasteiger charge is 2.08. The number of aromatic nitrogens is 1. The summed E-state index contributed by atoms with van der Waals surface area (Å²) in [5.74, 6) is 0.461. The third-order valence-corrected chi connectivity index (χ3v) is 4.30. The summed E-state index contributed by atoms with van der Waals surface area (Å²) in [5, 5.41) is 6.22. The number of amides is 1. The van der Waals surface area contributed by atoms with Crippen LogP contribution in [0.2, 0.25) is 0 Å². The molecule has 0 bridgehead atoms. The standard InChI is InChI=1S/C21H30N4O/c1-5-25(6-2)19-10-7-17(8-11-19)24-21(26)20-12-9-18(15-23-20)22-14-13-16(3)4/h7-12,15-16,22H,5-6,13-14H2,1-4H3,(H,24,26). The Morgan fingerprint density at radius 2 is 1.69 bits per heavy atom. The Morgan fingerprint density at radius 3 is 2.23 bits per heavy atom. The van der Waals surface area contributed by atoms with E-state index in [-0.39, 0.29) is 5.91 Å². The first kappa shape index (κ1) is 19.8. The van der Waals surface area contributed by atoms with Crippen LogP contribution in [0.5, 0.6) is 0 Å². The van der Waals surface area contributed by atoms with Crippen LogP contribution < -0.4 is 15.5 Å². The molecule has 5 heteroatoms. The first-order chi connectivity index (χ1) is 12.5. The van der Waals surface area contributed by atoms with E-state index in [0.717, 1.165) is 43.1 Å². The monoisotopic (exact) mass is 354 g/mol. The van der Waals surface area contributed by atoms with Gasteiger partial charge in [-0.05, 0) is 62.6 Å². The number of carbonyl (C=O) groups is 1. The molecule has 5 nitrogen and oxygen atoms in total. The normalized spacial score (nSPS) is 10.7. The molecule has 0 unspecified atom stereocenters. The van der Waals surface area contributed by atoms with Crippen LogP contribution in [0.15, 0.2) is 42.6 Å². The Hall–Kier alpha value is -2.56. The van der Waals surface area contributed by atoms with Crippen molar-refractivity contribution in [3.05, 3.63) is 48.3 Å². The predicted octanol–water partition coefficient (Wildman–Crippen LogP) is 4.64. The summed E-state index contributed by atoms with van der Waals surface area (Å²) in [6.07, 6.45) is 2.81. The highest BCUT2D eigenvalue weighted by molar-refractivity contribution is 6.03. The van der Waals surface area contributed by atoms with Gasteiger partial charge in [0.1, 0.15) is 5.69 Å². The SMILES string of the molecule is CCN(CC)c1ccc(NC(=O)c2ccc(NCCC(C)C)cn2)cc1. The Morgan fingerprint density at radius 1 is 1.04 bits per heavy atom. The van der Waals surface area contributed by atoms with Crippen LogP contribution in [-0.2, 0) is 0 Å². The van der Waals surface area contributed by atoms with Gasteiger partial charge in [-0.3, -0.25) is 4.79 Å². The van der Waals surface area contributed by atoms with E-state index < -0.39 is 0 Å². The molecule has 0 atom stereocenters. The van der Waals surface area contributed by atoms with Gasteiger partial charge in [-0.2, -0.15) is 0 Å². The predicted molar refractivity (Wildman–Crippen MR) is 110 cm³/mol. The molecule has 1 heterocycles. The molecular weight excluding hydrogens is 324 g/mol. The van der Waals surface area contributed by atoms with Crippen molar-refractivity contribution in [2.24, 2.45) is 5.92 Å². The molecule has 1 aromatic carbocycles. The van der Waals surface area contributed by atoms with E-state index >= 15 is 0 Å². The number of anilines is 3. The lowest BCUT2D eigenvalue weighted by Crippen LogP contribution is -2.21. The van der Waals surface area contributed by atoms with E-state index in [2.05, 4.69) is 48.2 Å². The van der Waals surface area contributed by atoms with Crippen molar-refractivity contribution in [3.8, 4) is 0 Å². The topological polar surface area (TPSA) is 57.3 Å². The van der Waals surface area contributed by atoms with Gasteiger partial charge in [0.2, 0.25) is 0 Å². The van der Waals surface area contributed by atoms with Gasteiger partial charge in [-0.15, -0.1) is 0 Å². The highest BCUT2D eigenvalue weighted by Crippen LogP contribution is 2.18. The van der Waals surface area contributed by atoms with Gasteiger partial charge < -0.3 is 15.5 Å². The number of pyridine rings is 1. The summed E-state index contributed by atoms with van der Waals surface area (Å²) in [6, 6.07) is 11.5. The zero-order valence-corrected chi connectivity index (χ0v) is 16.2. The lowest BCUT2D eigenvalue weighted by atomic mass is 10.1. The highest BCUT2D eigenvalue weighted by atomic mass is 16.1. The third kappa shape index (κ3) is 5.76. The van der Waals surface area contributed by atoms with Gasteiger partial charge in [0.05, 0.1) is 11.9 Å². The van der Waals surface area contributed by atoms with Gasteiger partial charge in [0.15, 0.2) is 0 Å². The number of carbonyl (C=O) groups excluding carboxylic acids is 1. The second kappa shape index (κ2) is 9.80. The Kier molecular flexibility index (Phi) is 7.45. The molecule has 26 heavy (non-hydrogen) atoms. The largest absolute Gasteiger partial charge is 0.384 e. The van der Waals surface area contributed by atoms with Crippen LogP contribution in [-0.4, -0.2) is 30.5 Å². The Balaban J connectivity index is 1.92. The summed E-state index contributed by atoms with van der Waals surface area (Å²) >= 11 is 0. The maximum Gasteiger partial charge on any atom is 0.274 e. The summed E-state index contributed by atoms with van der Waals surface area (Å²) in [5.41, 5.74) is 3.27. The number of nitrogens with zero attached hydrogens (tertiary/aromatic N) is 2. The number of hydrogen-bond donors (Lipinski definition) is 2. The van der Waals surface area contributed by atoms with Crippen LogP contribution >= 0.6 is 0 Å². The number of rotatable bonds is 9. The van der Waals surface area contributed by atoms with E-state index in [1.54, 1.807) is 12.3 Å². The first-order valence-electron chi connectivity index (χ1n) is 9.39. The number of nitrogens with one attached hydrogen (secondary N) is 2. The van der Waals surface area contributed by atoms with Gasteiger partial charge in [-0.25, -0.2) is 4.98 Å². The Bertz CT molecular complexity index is 676. The van der Waals surface area contributed by atoms with E-state index in [0.29, 0.717) is 11.6 Å². The molecule has 140 valence electrons. The second-order valence-corrected chi connectivity index (χ2v) is 6.71. The van der Waals surface area contributed by atoms with E-state index in [1.807, 2.05) is 30.3 Å². The van der Waals surface area contributed by atoms with Crippen molar-refractivity contribution in [1.29, 1.82) is 0 Å². The molecule has 0 radical (unpaired) electrons. The fraction of sp³-hybridized carbons (Fsp3) is 0.429. The molecule has 2 N–H and O–H groups in total. The van der Waals surface area contributed by atoms with Crippen molar-refractivity contribution >= 4 is 23.0 Å². The quantitative estimate of drug-likeness (QED) is 0.689. The molecule has 2 aromatic rings. The minimum absolute atomic E-state index is 0.200. The van der Waals surface area contributed by atoms with Gasteiger partial charge >= 0.3 is 0 Å². The van der Waals surface area contributed by atoms with E-state index in [9.17, 15) is 4.79 Å². The molecule has 1 aromatic heterocycles. The fourth-order valence-corrected chi connectivity index (χ4v) is 2.68. The molecule has 0 spiro atoms. The minimum Gasteiger partial charge on any atom is -0.384 e. The Labute approximate surface area is 156 Å². The molecule has 0 aliphatic carbocycles. The molecule has 0 fully saturated rings. The van der Waals surface area contributed by atoms with E-state index in [4.69, 9.17) is 0 Å². The maximum absolute atomic E-state index is 12.4. The fourth-order valence-electron chi connectivity index (χ4n) is 2.68. The molecule has 2 rings (SSSR count). The molecule has 0 saturated heterocycles. The summed E-state index contributed by atoms with van der Waals surface area (Å²) in [7, 11) is 0. The van der Waals surface area contributed by atoms with Crippen LogP contribution in [0.1, 0.15) is 44.6 Å². The average Bonchev–Trinajstić information content (AvgIpc) is 2.64. The van der Waals surface area contributed by atoms with Crippen LogP contribution in [0.3, 0.4) is 0 Å². The minimum atomic E-state index is -0.200. The molecule has 1 amide bonds. The maximum atomic E-state index is 12.4. The molecule has 0 saturated carbocycles. The van der Waals surface area contributed by atoms with Crippen molar-refractivity contribution < 1.29 is 4.79 Å². The zero-order valence-electron chi connectivity index (χ0n) is 16.2. The van der Waals surface area contributed by atoms with Crippen LogP contribution in [0.25, 0.3) is 0 Å². The summed E-state index contributed by atoms with van der Waals surface area (Å²) in [4.78, 5) is 18.9. The van der Waals surface area contributed by atoms with Crippen LogP contribution in [0, 0.1) is 5.92 Å². The first-order valence-corrected chi connectivity index (χ1v) is 9.39. The van der Waals surface area contributed by atoms with Crippen LogP contribution in [0.4, 0.5) is 17.1 Å². The number of benzene rings is 1. The van der Waals surface area contributed by atoms with Crippen molar-refractivity contribution in [1.82, 2.24) is 4.98 Å². The average molecular weight is 354 g/mol. The lowest BCUT2D eigenvalue weighted by Gasteiger charge is -2.21. The zero-order chi connectivity index (χ0) is 18.9. The third-order valence-electron chi connectivity index (χ3n) is 4.30. The second-order valence-electron chi connectivity index (χ2n) is 6.71. The van der Waals surface area contributed by atoms with Gasteiger partial charge in [0, 0.05) is 31.0 Å². The number of hydrogen-bond acceptors (Lipinski definition) is 4. The molecular formula is C21H30N4O. The van der Waals surface area contributed by atoms with E-state index in [1.165, 1.54) is 0 Å². The lowest BCUT2D eigenvalue weighted by molar-refractivity contribution is 0.102. The summed E-state index contributed by atoms with van der Waals surface area (Å²) < 4.78 is 0. The van der Waals surface area contributed by atoms with Crippen molar-refractivity contribution in [3.63, 3.8) is 0 Å².